The van der Waals surface area contributed by atoms with Gasteiger partial charge in [-0.15, -0.1) is 10.2 Å². The lowest BCUT2D eigenvalue weighted by molar-refractivity contribution is 0.0714. The molecule has 0 N–H and O–H groups in total. The Balaban J connectivity index is 1.41. The molecule has 0 aliphatic carbocycles. The third-order valence-corrected chi connectivity index (χ3v) is 6.12. The van der Waals surface area contributed by atoms with Gasteiger partial charge in [0.1, 0.15) is 0 Å². The number of hydrogen-bond donors (Lipinski definition) is 0. The van der Waals surface area contributed by atoms with Crippen LogP contribution in [0.1, 0.15) is 16.1 Å². The number of amides is 1. The zero-order valence-corrected chi connectivity index (χ0v) is 18.2. The van der Waals surface area contributed by atoms with Crippen LogP contribution in [0.3, 0.4) is 0 Å². The van der Waals surface area contributed by atoms with Crippen LogP contribution in [0.2, 0.25) is 0 Å². The summed E-state index contributed by atoms with van der Waals surface area (Å²) in [7, 11) is 0. The maximum Gasteiger partial charge on any atom is 0.289 e. The summed E-state index contributed by atoms with van der Waals surface area (Å²) in [5, 5.41) is 10.1. The minimum absolute atomic E-state index is 0.0825. The lowest BCUT2D eigenvalue weighted by Gasteiger charge is -2.35. The van der Waals surface area contributed by atoms with Crippen LogP contribution >= 0.6 is 0 Å². The molecule has 0 spiro atoms. The summed E-state index contributed by atoms with van der Waals surface area (Å²) in [6, 6.07) is 19.7. The van der Waals surface area contributed by atoms with Gasteiger partial charge in [-0.25, -0.2) is 9.38 Å². The second-order valence-corrected chi connectivity index (χ2v) is 8.23. The molecule has 33 heavy (non-hydrogen) atoms. The van der Waals surface area contributed by atoms with Gasteiger partial charge in [-0.05, 0) is 31.2 Å². The van der Waals surface area contributed by atoms with Gasteiger partial charge in [-0.3, -0.25) is 4.79 Å². The molecular formula is C25H22N6O2. The number of aromatic nitrogens is 4. The molecule has 0 saturated carbocycles. The molecule has 1 amide bonds. The number of rotatable bonds is 3. The minimum atomic E-state index is -0.0825. The summed E-state index contributed by atoms with van der Waals surface area (Å²) in [6.45, 7) is 4.53. The van der Waals surface area contributed by atoms with Gasteiger partial charge in [0.05, 0.1) is 11.8 Å². The smallest absolute Gasteiger partial charge is 0.289 e. The fraction of sp³-hybridized carbons (Fsp3) is 0.200. The Labute approximate surface area is 190 Å². The van der Waals surface area contributed by atoms with Gasteiger partial charge in [0.25, 0.3) is 5.91 Å². The molecule has 1 aliphatic heterocycles. The Morgan fingerprint density at radius 2 is 1.70 bits per heavy atom. The van der Waals surface area contributed by atoms with E-state index in [0.717, 1.165) is 33.9 Å². The van der Waals surface area contributed by atoms with Crippen molar-refractivity contribution in [1.82, 2.24) is 24.5 Å². The lowest BCUT2D eigenvalue weighted by Crippen LogP contribution is -2.49. The molecule has 0 bridgehead atoms. The second kappa shape index (κ2) is 7.74. The average molecular weight is 438 g/mol. The first-order chi connectivity index (χ1) is 16.2. The zero-order chi connectivity index (χ0) is 22.4. The van der Waals surface area contributed by atoms with Crippen LogP contribution in [0.15, 0.2) is 71.3 Å². The van der Waals surface area contributed by atoms with E-state index in [1.54, 1.807) is 12.1 Å². The summed E-state index contributed by atoms with van der Waals surface area (Å²) in [4.78, 5) is 21.7. The van der Waals surface area contributed by atoms with Crippen molar-refractivity contribution in [3.8, 4) is 11.4 Å². The number of carbonyl (C=O) groups excluding carboxylic acids is 1. The first-order valence-corrected chi connectivity index (χ1v) is 11.0. The number of benzene rings is 2. The number of para-hydroxylation sites is 1. The van der Waals surface area contributed by atoms with Crippen LogP contribution in [0.25, 0.3) is 27.9 Å². The topological polar surface area (TPSA) is 79.8 Å². The maximum atomic E-state index is 12.7. The highest BCUT2D eigenvalue weighted by atomic mass is 16.3. The molecular weight excluding hydrogens is 416 g/mol. The molecule has 5 aromatic rings. The molecule has 0 unspecified atom stereocenters. The molecule has 164 valence electrons. The van der Waals surface area contributed by atoms with Crippen molar-refractivity contribution >= 4 is 28.4 Å². The van der Waals surface area contributed by atoms with E-state index < -0.39 is 0 Å². The Morgan fingerprint density at radius 1 is 0.909 bits per heavy atom. The number of furan rings is 1. The summed E-state index contributed by atoms with van der Waals surface area (Å²) >= 11 is 0. The molecule has 4 heterocycles. The van der Waals surface area contributed by atoms with Gasteiger partial charge in [-0.1, -0.05) is 42.0 Å². The number of hydrogen-bond acceptors (Lipinski definition) is 6. The number of nitrogens with zero attached hydrogens (tertiary/aromatic N) is 6. The highest BCUT2D eigenvalue weighted by Crippen LogP contribution is 2.29. The SMILES string of the molecule is Cc1ccc(-c2nnc3c4ccccc4nc(N4CCN(C(=O)c5ccco5)CC4)n23)cc1. The van der Waals surface area contributed by atoms with Crippen LogP contribution < -0.4 is 4.90 Å². The van der Waals surface area contributed by atoms with Gasteiger partial charge in [0, 0.05) is 37.1 Å². The summed E-state index contributed by atoms with van der Waals surface area (Å²) in [5.41, 5.74) is 3.82. The molecule has 0 radical (unpaired) electrons. The van der Waals surface area contributed by atoms with E-state index in [1.165, 1.54) is 11.8 Å². The van der Waals surface area contributed by atoms with Crippen molar-refractivity contribution in [2.24, 2.45) is 0 Å². The van der Waals surface area contributed by atoms with Crippen molar-refractivity contribution < 1.29 is 9.21 Å². The normalized spacial score (nSPS) is 14.3. The Kier molecular flexibility index (Phi) is 4.57. The van der Waals surface area contributed by atoms with Gasteiger partial charge < -0.3 is 14.2 Å². The summed E-state index contributed by atoms with van der Waals surface area (Å²) < 4.78 is 7.33. The lowest BCUT2D eigenvalue weighted by atomic mass is 10.1. The van der Waals surface area contributed by atoms with Crippen LogP contribution in [0, 0.1) is 6.92 Å². The van der Waals surface area contributed by atoms with Crippen LogP contribution in [0.4, 0.5) is 5.95 Å². The van der Waals surface area contributed by atoms with Crippen molar-refractivity contribution in [3.63, 3.8) is 0 Å². The zero-order valence-electron chi connectivity index (χ0n) is 18.2. The number of anilines is 1. The molecule has 1 fully saturated rings. The average Bonchev–Trinajstić information content (AvgIpc) is 3.55. The monoisotopic (exact) mass is 438 g/mol. The van der Waals surface area contributed by atoms with Gasteiger partial charge in [0.2, 0.25) is 5.95 Å². The molecule has 1 saturated heterocycles. The molecule has 1 aliphatic rings. The van der Waals surface area contributed by atoms with Crippen LogP contribution in [-0.2, 0) is 0 Å². The van der Waals surface area contributed by atoms with E-state index >= 15 is 0 Å². The van der Waals surface area contributed by atoms with E-state index in [9.17, 15) is 4.79 Å². The Morgan fingerprint density at radius 3 is 2.45 bits per heavy atom. The van der Waals surface area contributed by atoms with Crippen molar-refractivity contribution in [2.45, 2.75) is 6.92 Å². The molecule has 8 nitrogen and oxygen atoms in total. The van der Waals surface area contributed by atoms with Crippen molar-refractivity contribution in [3.05, 3.63) is 78.3 Å². The fourth-order valence-corrected chi connectivity index (χ4v) is 4.33. The molecule has 6 rings (SSSR count). The molecule has 2 aromatic carbocycles. The quantitative estimate of drug-likeness (QED) is 0.426. The molecule has 0 atom stereocenters. The second-order valence-electron chi connectivity index (χ2n) is 8.23. The Hall–Kier alpha value is -4.20. The highest BCUT2D eigenvalue weighted by Gasteiger charge is 2.27. The van der Waals surface area contributed by atoms with Crippen LogP contribution in [-0.4, -0.2) is 56.6 Å². The van der Waals surface area contributed by atoms with Crippen molar-refractivity contribution in [2.75, 3.05) is 31.1 Å². The number of aryl methyl sites for hydroxylation is 1. The number of fused-ring (bicyclic) bond motifs is 3. The third-order valence-electron chi connectivity index (χ3n) is 6.12. The van der Waals surface area contributed by atoms with E-state index in [4.69, 9.17) is 9.40 Å². The molecule has 8 heteroatoms. The predicted molar refractivity (Wildman–Crippen MR) is 125 cm³/mol. The first kappa shape index (κ1) is 19.5. The predicted octanol–water partition coefficient (Wildman–Crippen LogP) is 3.81. The first-order valence-electron chi connectivity index (χ1n) is 11.0. The van der Waals surface area contributed by atoms with Gasteiger partial charge >= 0.3 is 0 Å². The van der Waals surface area contributed by atoms with E-state index in [-0.39, 0.29) is 5.91 Å². The van der Waals surface area contributed by atoms with E-state index in [0.29, 0.717) is 31.9 Å². The maximum absolute atomic E-state index is 12.7. The van der Waals surface area contributed by atoms with E-state index in [1.807, 2.05) is 33.6 Å². The third kappa shape index (κ3) is 3.31. The number of piperazine rings is 1. The van der Waals surface area contributed by atoms with Crippen molar-refractivity contribution in [1.29, 1.82) is 0 Å². The number of carbonyl (C=O) groups is 1. The van der Waals surface area contributed by atoms with Gasteiger partial charge in [0.15, 0.2) is 17.2 Å². The highest BCUT2D eigenvalue weighted by molar-refractivity contribution is 5.93. The fourth-order valence-electron chi connectivity index (χ4n) is 4.33. The minimum Gasteiger partial charge on any atom is -0.459 e. The standard InChI is InChI=1S/C25H22N6O2/c1-17-8-10-18(11-9-17)22-27-28-23-19-5-2-3-6-20(19)26-25(31(22)23)30-14-12-29(13-15-30)24(32)21-7-4-16-33-21/h2-11,16H,12-15H2,1H3. The largest absolute Gasteiger partial charge is 0.459 e. The summed E-state index contributed by atoms with van der Waals surface area (Å²) in [5.74, 6) is 1.83. The van der Waals surface area contributed by atoms with Gasteiger partial charge in [-0.2, -0.15) is 0 Å². The van der Waals surface area contributed by atoms with Crippen LogP contribution in [0.5, 0.6) is 0 Å². The molecule has 3 aromatic heterocycles. The Bertz CT molecular complexity index is 1450. The summed E-state index contributed by atoms with van der Waals surface area (Å²) in [6.07, 6.45) is 1.53. The van der Waals surface area contributed by atoms with E-state index in [2.05, 4.69) is 46.3 Å².